The van der Waals surface area contributed by atoms with Crippen molar-refractivity contribution in [2.45, 2.75) is 26.2 Å². The molecule has 0 atom stereocenters. The summed E-state index contributed by atoms with van der Waals surface area (Å²) in [7, 11) is 0. The summed E-state index contributed by atoms with van der Waals surface area (Å²) >= 11 is 0. The minimum Gasteiger partial charge on any atom is -0.478 e. The molecule has 2 aromatic rings. The number of hydrogen-bond acceptors (Lipinski definition) is 2. The van der Waals surface area contributed by atoms with Crippen molar-refractivity contribution in [2.75, 3.05) is 0 Å². The fraction of sp³-hybridized carbons (Fsp3) is 0.286. The number of aromatic amines is 1. The van der Waals surface area contributed by atoms with Gasteiger partial charge in [-0.1, -0.05) is 39.0 Å². The third-order valence-corrected chi connectivity index (χ3v) is 2.82. The van der Waals surface area contributed by atoms with Crippen molar-refractivity contribution in [1.82, 2.24) is 10.2 Å². The zero-order valence-corrected chi connectivity index (χ0v) is 10.7. The Morgan fingerprint density at radius 2 is 1.94 bits per heavy atom. The first-order chi connectivity index (χ1) is 8.39. The largest absolute Gasteiger partial charge is 0.478 e. The second-order valence-corrected chi connectivity index (χ2v) is 5.27. The Balaban J connectivity index is 2.50. The number of nitrogens with zero attached hydrogens (tertiary/aromatic N) is 1. The van der Waals surface area contributed by atoms with Gasteiger partial charge in [0, 0.05) is 16.7 Å². The zero-order chi connectivity index (χ0) is 13.3. The van der Waals surface area contributed by atoms with E-state index in [9.17, 15) is 4.79 Å². The molecule has 0 fully saturated rings. The van der Waals surface area contributed by atoms with Gasteiger partial charge in [0.1, 0.15) is 0 Å². The lowest BCUT2D eigenvalue weighted by molar-refractivity contribution is 0.0697. The molecule has 0 spiro atoms. The third-order valence-electron chi connectivity index (χ3n) is 2.82. The summed E-state index contributed by atoms with van der Waals surface area (Å²) in [5.41, 5.74) is 2.51. The number of benzene rings is 1. The molecule has 4 heteroatoms. The molecule has 1 aromatic heterocycles. The molecule has 0 saturated heterocycles. The van der Waals surface area contributed by atoms with E-state index >= 15 is 0 Å². The predicted molar refractivity (Wildman–Crippen MR) is 69.7 cm³/mol. The average Bonchev–Trinajstić information content (AvgIpc) is 2.77. The molecule has 2 N–H and O–H groups in total. The smallest absolute Gasteiger partial charge is 0.336 e. The van der Waals surface area contributed by atoms with E-state index in [1.807, 2.05) is 12.1 Å². The van der Waals surface area contributed by atoms with Crippen LogP contribution in [0.25, 0.3) is 11.3 Å². The van der Waals surface area contributed by atoms with Crippen molar-refractivity contribution < 1.29 is 9.90 Å². The number of nitrogens with one attached hydrogen (secondary N) is 1. The summed E-state index contributed by atoms with van der Waals surface area (Å²) in [5, 5.41) is 16.3. The second-order valence-electron chi connectivity index (χ2n) is 5.27. The molecule has 2 rings (SSSR count). The van der Waals surface area contributed by atoms with E-state index in [4.69, 9.17) is 5.11 Å². The number of H-pyrrole nitrogens is 1. The number of carboxylic acids is 1. The van der Waals surface area contributed by atoms with E-state index in [-0.39, 0.29) is 11.0 Å². The van der Waals surface area contributed by atoms with Crippen LogP contribution < -0.4 is 0 Å². The van der Waals surface area contributed by atoms with E-state index in [0.717, 1.165) is 5.69 Å². The standard InChI is InChI=1S/C14H16N2O2/c1-14(2,3)12-8-11(15-16-12)9-6-4-5-7-10(9)13(17)18/h4-8H,1-3H3,(H,15,16)(H,17,18). The monoisotopic (exact) mass is 244 g/mol. The lowest BCUT2D eigenvalue weighted by Gasteiger charge is -2.14. The average molecular weight is 244 g/mol. The van der Waals surface area contributed by atoms with E-state index in [1.54, 1.807) is 18.2 Å². The van der Waals surface area contributed by atoms with Gasteiger partial charge in [-0.15, -0.1) is 0 Å². The predicted octanol–water partition coefficient (Wildman–Crippen LogP) is 3.07. The number of aromatic carboxylic acids is 1. The van der Waals surface area contributed by atoms with E-state index in [2.05, 4.69) is 31.0 Å². The molecule has 0 unspecified atom stereocenters. The molecule has 94 valence electrons. The number of carbonyl (C=O) groups is 1. The Labute approximate surface area is 106 Å². The van der Waals surface area contributed by atoms with Gasteiger partial charge in [0.15, 0.2) is 0 Å². The van der Waals surface area contributed by atoms with Crippen molar-refractivity contribution in [3.63, 3.8) is 0 Å². The summed E-state index contributed by atoms with van der Waals surface area (Å²) in [6, 6.07) is 8.79. The van der Waals surface area contributed by atoms with Gasteiger partial charge in [0.05, 0.1) is 11.3 Å². The Morgan fingerprint density at radius 1 is 1.28 bits per heavy atom. The lowest BCUT2D eigenvalue weighted by Crippen LogP contribution is -2.11. The quantitative estimate of drug-likeness (QED) is 0.853. The Hall–Kier alpha value is -2.10. The molecule has 18 heavy (non-hydrogen) atoms. The second kappa shape index (κ2) is 4.29. The minimum atomic E-state index is -0.939. The molecule has 1 heterocycles. The Kier molecular flexibility index (Phi) is 2.95. The molecular formula is C14H16N2O2. The van der Waals surface area contributed by atoms with Gasteiger partial charge in [-0.05, 0) is 12.1 Å². The maximum atomic E-state index is 11.2. The van der Waals surface area contributed by atoms with Crippen LogP contribution in [0.3, 0.4) is 0 Å². The highest BCUT2D eigenvalue weighted by Gasteiger charge is 2.19. The van der Waals surface area contributed by atoms with Gasteiger partial charge in [0.25, 0.3) is 0 Å². The summed E-state index contributed by atoms with van der Waals surface area (Å²) < 4.78 is 0. The SMILES string of the molecule is CC(C)(C)c1cc(-c2ccccc2C(=O)O)n[nH]1. The molecular weight excluding hydrogens is 228 g/mol. The van der Waals surface area contributed by atoms with Crippen molar-refractivity contribution in [3.8, 4) is 11.3 Å². The first kappa shape index (κ1) is 12.4. The highest BCUT2D eigenvalue weighted by Crippen LogP contribution is 2.27. The van der Waals surface area contributed by atoms with E-state index < -0.39 is 5.97 Å². The summed E-state index contributed by atoms with van der Waals surface area (Å²) in [5.74, 6) is -0.939. The molecule has 0 aliphatic heterocycles. The number of carboxylic acid groups (broad SMARTS) is 1. The summed E-state index contributed by atoms with van der Waals surface area (Å²) in [6.45, 7) is 6.23. The van der Waals surface area contributed by atoms with Crippen LogP contribution in [0.5, 0.6) is 0 Å². The maximum absolute atomic E-state index is 11.2. The molecule has 0 aliphatic carbocycles. The highest BCUT2D eigenvalue weighted by molar-refractivity contribution is 5.95. The normalized spacial score (nSPS) is 11.5. The number of hydrogen-bond donors (Lipinski definition) is 2. The summed E-state index contributed by atoms with van der Waals surface area (Å²) in [6.07, 6.45) is 0. The maximum Gasteiger partial charge on any atom is 0.336 e. The lowest BCUT2D eigenvalue weighted by atomic mass is 9.91. The van der Waals surface area contributed by atoms with Gasteiger partial charge in [-0.25, -0.2) is 4.79 Å². The van der Waals surface area contributed by atoms with E-state index in [0.29, 0.717) is 11.3 Å². The third kappa shape index (κ3) is 2.27. The molecule has 0 radical (unpaired) electrons. The molecule has 4 nitrogen and oxygen atoms in total. The number of rotatable bonds is 2. The highest BCUT2D eigenvalue weighted by atomic mass is 16.4. The van der Waals surface area contributed by atoms with Crippen LogP contribution in [-0.4, -0.2) is 21.3 Å². The molecule has 0 amide bonds. The van der Waals surface area contributed by atoms with Gasteiger partial charge < -0.3 is 5.11 Å². The van der Waals surface area contributed by atoms with Crippen LogP contribution in [0.15, 0.2) is 30.3 Å². The summed E-state index contributed by atoms with van der Waals surface area (Å²) in [4.78, 5) is 11.2. The van der Waals surface area contributed by atoms with Gasteiger partial charge in [0.2, 0.25) is 0 Å². The molecule has 0 aliphatic rings. The zero-order valence-electron chi connectivity index (χ0n) is 10.7. The Morgan fingerprint density at radius 3 is 2.50 bits per heavy atom. The topological polar surface area (TPSA) is 66.0 Å². The van der Waals surface area contributed by atoms with Gasteiger partial charge >= 0.3 is 5.97 Å². The molecule has 1 aromatic carbocycles. The molecule has 0 bridgehead atoms. The van der Waals surface area contributed by atoms with Crippen LogP contribution in [0.4, 0.5) is 0 Å². The first-order valence-electron chi connectivity index (χ1n) is 5.78. The van der Waals surface area contributed by atoms with Crippen LogP contribution >= 0.6 is 0 Å². The van der Waals surface area contributed by atoms with Gasteiger partial charge in [-0.2, -0.15) is 5.10 Å². The van der Waals surface area contributed by atoms with E-state index in [1.165, 1.54) is 0 Å². The fourth-order valence-corrected chi connectivity index (χ4v) is 1.74. The van der Waals surface area contributed by atoms with Crippen LogP contribution in [0, 0.1) is 0 Å². The minimum absolute atomic E-state index is 0.0383. The Bertz CT molecular complexity index is 579. The fourth-order valence-electron chi connectivity index (χ4n) is 1.74. The van der Waals surface area contributed by atoms with Crippen LogP contribution in [0.1, 0.15) is 36.8 Å². The van der Waals surface area contributed by atoms with Crippen molar-refractivity contribution in [2.24, 2.45) is 0 Å². The van der Waals surface area contributed by atoms with Crippen molar-refractivity contribution in [3.05, 3.63) is 41.6 Å². The van der Waals surface area contributed by atoms with Crippen molar-refractivity contribution in [1.29, 1.82) is 0 Å². The number of aromatic nitrogens is 2. The van der Waals surface area contributed by atoms with Gasteiger partial charge in [-0.3, -0.25) is 5.10 Å². The van der Waals surface area contributed by atoms with Crippen molar-refractivity contribution >= 4 is 5.97 Å². The van der Waals surface area contributed by atoms with Crippen LogP contribution in [0.2, 0.25) is 0 Å². The van der Waals surface area contributed by atoms with Crippen LogP contribution in [-0.2, 0) is 5.41 Å². The molecule has 0 saturated carbocycles. The first-order valence-corrected chi connectivity index (χ1v) is 5.78.